The average Bonchev–Trinajstić information content (AvgIpc) is 2.93. The minimum Gasteiger partial charge on any atom is -0.508 e. The third-order valence-corrected chi connectivity index (χ3v) is 6.83. The number of nitrogens with one attached hydrogen (secondary N) is 3. The Balaban J connectivity index is 2.23. The third kappa shape index (κ3) is 11.9. The van der Waals surface area contributed by atoms with Crippen LogP contribution in [0, 0.1) is 0 Å². The summed E-state index contributed by atoms with van der Waals surface area (Å²) in [4.78, 5) is 62.6. The number of nitrogens with two attached hydrogens (primary N) is 2. The smallest absolute Gasteiger partial charge is 0.326 e. The molecule has 4 unspecified atom stereocenters. The number of phenols is 1. The van der Waals surface area contributed by atoms with Gasteiger partial charge in [-0.3, -0.25) is 19.2 Å². The van der Waals surface area contributed by atoms with Crippen LogP contribution in [0.15, 0.2) is 54.6 Å². The summed E-state index contributed by atoms with van der Waals surface area (Å²) >= 11 is 1.42. The van der Waals surface area contributed by atoms with Crippen LogP contribution >= 0.6 is 11.8 Å². The number of hydrogen-bond donors (Lipinski definition) is 7. The Hall–Kier alpha value is -4.10. The van der Waals surface area contributed by atoms with E-state index in [1.807, 2.05) is 6.07 Å². The maximum atomic E-state index is 13.4. The van der Waals surface area contributed by atoms with Gasteiger partial charge in [-0.15, -0.1) is 0 Å². The number of carboxylic acid groups (broad SMARTS) is 1. The zero-order valence-electron chi connectivity index (χ0n) is 22.7. The molecule has 0 aromatic heterocycles. The number of primary amides is 1. The summed E-state index contributed by atoms with van der Waals surface area (Å²) in [5, 5.41) is 26.8. The second kappa shape index (κ2) is 16.9. The van der Waals surface area contributed by atoms with Gasteiger partial charge in [0, 0.05) is 12.8 Å². The van der Waals surface area contributed by atoms with Crippen molar-refractivity contribution in [1.29, 1.82) is 0 Å². The van der Waals surface area contributed by atoms with Crippen LogP contribution < -0.4 is 27.4 Å². The molecule has 41 heavy (non-hydrogen) atoms. The minimum absolute atomic E-state index is 0.00265. The molecule has 9 N–H and O–H groups in total. The number of thioether (sulfide) groups is 1. The number of amides is 4. The third-order valence-electron chi connectivity index (χ3n) is 6.18. The number of aliphatic carboxylic acids is 1. The van der Waals surface area contributed by atoms with Gasteiger partial charge < -0.3 is 37.6 Å². The molecule has 2 rings (SSSR count). The van der Waals surface area contributed by atoms with E-state index in [1.54, 1.807) is 42.7 Å². The lowest BCUT2D eigenvalue weighted by Gasteiger charge is -2.25. The van der Waals surface area contributed by atoms with E-state index in [0.29, 0.717) is 11.3 Å². The van der Waals surface area contributed by atoms with Gasteiger partial charge in [-0.25, -0.2) is 4.79 Å². The highest BCUT2D eigenvalue weighted by Crippen LogP contribution is 2.13. The molecule has 0 aliphatic carbocycles. The Morgan fingerprint density at radius 3 is 1.93 bits per heavy atom. The highest BCUT2D eigenvalue weighted by molar-refractivity contribution is 7.98. The Kier molecular flexibility index (Phi) is 13.6. The van der Waals surface area contributed by atoms with Crippen LogP contribution in [-0.2, 0) is 36.8 Å². The molecule has 0 spiro atoms. The van der Waals surface area contributed by atoms with Crippen molar-refractivity contribution in [2.24, 2.45) is 11.5 Å². The summed E-state index contributed by atoms with van der Waals surface area (Å²) < 4.78 is 0. The van der Waals surface area contributed by atoms with E-state index in [9.17, 15) is 34.2 Å². The van der Waals surface area contributed by atoms with Gasteiger partial charge in [-0.1, -0.05) is 42.5 Å². The van der Waals surface area contributed by atoms with E-state index in [4.69, 9.17) is 11.5 Å². The van der Waals surface area contributed by atoms with Crippen molar-refractivity contribution in [3.63, 3.8) is 0 Å². The van der Waals surface area contributed by atoms with E-state index in [2.05, 4.69) is 16.0 Å². The molecule has 4 amide bonds. The highest BCUT2D eigenvalue weighted by Gasteiger charge is 2.30. The van der Waals surface area contributed by atoms with E-state index < -0.39 is 53.8 Å². The van der Waals surface area contributed by atoms with Crippen molar-refractivity contribution in [3.8, 4) is 5.75 Å². The van der Waals surface area contributed by atoms with E-state index in [-0.39, 0.29) is 37.9 Å². The van der Waals surface area contributed by atoms with Crippen LogP contribution in [0.2, 0.25) is 0 Å². The second-order valence-electron chi connectivity index (χ2n) is 9.48. The molecule has 0 radical (unpaired) electrons. The Bertz CT molecular complexity index is 1180. The zero-order chi connectivity index (χ0) is 30.4. The first kappa shape index (κ1) is 33.1. The first-order chi connectivity index (χ1) is 19.5. The maximum absolute atomic E-state index is 13.4. The van der Waals surface area contributed by atoms with Gasteiger partial charge in [0.1, 0.15) is 23.9 Å². The van der Waals surface area contributed by atoms with Gasteiger partial charge in [0.25, 0.3) is 0 Å². The van der Waals surface area contributed by atoms with Crippen LogP contribution in [0.4, 0.5) is 0 Å². The van der Waals surface area contributed by atoms with Crippen molar-refractivity contribution < 1.29 is 34.2 Å². The Morgan fingerprint density at radius 1 is 0.780 bits per heavy atom. The molecule has 0 aliphatic heterocycles. The molecule has 0 aliphatic rings. The molecule has 0 heterocycles. The van der Waals surface area contributed by atoms with Crippen LogP contribution in [0.25, 0.3) is 0 Å². The summed E-state index contributed by atoms with van der Waals surface area (Å²) in [6.45, 7) is 0. The number of carbonyl (C=O) groups is 5. The van der Waals surface area contributed by atoms with Gasteiger partial charge in [0.2, 0.25) is 23.6 Å². The van der Waals surface area contributed by atoms with Crippen molar-refractivity contribution in [1.82, 2.24) is 16.0 Å². The van der Waals surface area contributed by atoms with E-state index in [1.165, 1.54) is 23.9 Å². The second-order valence-corrected chi connectivity index (χ2v) is 10.5. The fourth-order valence-corrected chi connectivity index (χ4v) is 4.38. The lowest BCUT2D eigenvalue weighted by molar-refractivity contribution is -0.142. The molecule has 222 valence electrons. The number of phenolic OH excluding ortho intramolecular Hbond substituents is 1. The van der Waals surface area contributed by atoms with Crippen molar-refractivity contribution >= 4 is 41.4 Å². The summed E-state index contributed by atoms with van der Waals surface area (Å²) in [6.07, 6.45) is 1.76. The molecular weight excluding hydrogens is 550 g/mol. The number of carboxylic acids is 1. The average molecular weight is 588 g/mol. The Labute approximate surface area is 242 Å². The lowest BCUT2D eigenvalue weighted by Crippen LogP contribution is -2.58. The number of benzene rings is 2. The highest BCUT2D eigenvalue weighted by atomic mass is 32.2. The van der Waals surface area contributed by atoms with Crippen LogP contribution in [-0.4, -0.2) is 76.0 Å². The topological polar surface area (TPSA) is 214 Å². The minimum atomic E-state index is -1.25. The Morgan fingerprint density at radius 2 is 1.34 bits per heavy atom. The van der Waals surface area contributed by atoms with Gasteiger partial charge in [-0.05, 0) is 54.5 Å². The molecule has 0 saturated heterocycles. The molecule has 12 nitrogen and oxygen atoms in total. The molecule has 2 aromatic carbocycles. The van der Waals surface area contributed by atoms with Gasteiger partial charge in [0.05, 0.1) is 6.04 Å². The summed E-state index contributed by atoms with van der Waals surface area (Å²) in [7, 11) is 0. The van der Waals surface area contributed by atoms with Crippen molar-refractivity contribution in [3.05, 3.63) is 65.7 Å². The van der Waals surface area contributed by atoms with Crippen LogP contribution in [0.1, 0.15) is 30.4 Å². The summed E-state index contributed by atoms with van der Waals surface area (Å²) in [6, 6.07) is 10.3. The van der Waals surface area contributed by atoms with Crippen molar-refractivity contribution in [2.75, 3.05) is 12.0 Å². The predicted molar refractivity (Wildman–Crippen MR) is 155 cm³/mol. The monoisotopic (exact) mass is 587 g/mol. The van der Waals surface area contributed by atoms with Crippen LogP contribution in [0.3, 0.4) is 0 Å². The molecule has 4 atom stereocenters. The fraction of sp³-hybridized carbons (Fsp3) is 0.393. The molecule has 2 aromatic rings. The number of carbonyl (C=O) groups excluding carboxylic acids is 4. The quantitative estimate of drug-likeness (QED) is 0.133. The van der Waals surface area contributed by atoms with Gasteiger partial charge in [-0.2, -0.15) is 11.8 Å². The summed E-state index contributed by atoms with van der Waals surface area (Å²) in [5.41, 5.74) is 12.7. The lowest BCUT2D eigenvalue weighted by atomic mass is 10.0. The first-order valence-corrected chi connectivity index (χ1v) is 14.4. The predicted octanol–water partition coefficient (Wildman–Crippen LogP) is 0.0623. The zero-order valence-corrected chi connectivity index (χ0v) is 23.6. The fourth-order valence-electron chi connectivity index (χ4n) is 3.91. The van der Waals surface area contributed by atoms with Gasteiger partial charge in [0.15, 0.2) is 0 Å². The molecule has 0 fully saturated rings. The molecule has 0 saturated carbocycles. The molecule has 13 heteroatoms. The van der Waals surface area contributed by atoms with Gasteiger partial charge >= 0.3 is 5.97 Å². The maximum Gasteiger partial charge on any atom is 0.326 e. The number of aromatic hydroxyl groups is 1. The molecular formula is C28H37N5O7S. The normalized spacial score (nSPS) is 13.7. The van der Waals surface area contributed by atoms with E-state index in [0.717, 1.165) is 5.56 Å². The standard InChI is InChI=1S/C28H37N5O7S/c1-41-14-13-22(28(39)40)32-27(38)23(16-18-7-9-19(34)10-8-18)33-26(37)21(11-12-24(30)35)31-25(36)20(29)15-17-5-3-2-4-6-17/h2-10,20-23,34H,11-16,29H2,1H3,(H2,30,35)(H,31,36)(H,32,38)(H,33,37)(H,39,40). The number of rotatable bonds is 17. The summed E-state index contributed by atoms with van der Waals surface area (Å²) in [5.74, 6) is -3.59. The SMILES string of the molecule is CSCCC(NC(=O)C(Cc1ccc(O)cc1)NC(=O)C(CCC(N)=O)NC(=O)C(N)Cc1ccccc1)C(=O)O. The van der Waals surface area contributed by atoms with Crippen LogP contribution in [0.5, 0.6) is 5.75 Å². The largest absolute Gasteiger partial charge is 0.508 e. The van der Waals surface area contributed by atoms with E-state index >= 15 is 0 Å². The first-order valence-electron chi connectivity index (χ1n) is 13.0. The molecule has 0 bridgehead atoms. The number of hydrogen-bond acceptors (Lipinski definition) is 8. The van der Waals surface area contributed by atoms with Crippen molar-refractivity contribution in [2.45, 2.75) is 56.3 Å².